The molecule has 0 atom stereocenters. The van der Waals surface area contributed by atoms with E-state index < -0.39 is 0 Å². The number of methoxy groups -OCH3 is 1. The second-order valence-electron chi connectivity index (χ2n) is 5.04. The van der Waals surface area contributed by atoms with E-state index in [0.29, 0.717) is 21.0 Å². The first-order valence-corrected chi connectivity index (χ1v) is 8.65. The Kier molecular flexibility index (Phi) is 3.70. The quantitative estimate of drug-likeness (QED) is 0.563. The summed E-state index contributed by atoms with van der Waals surface area (Å²) in [6.07, 6.45) is 0. The maximum atomic E-state index is 12.6. The standard InChI is InChI=1S/C16H11BrN4O2S/c1-23-11-4-2-3-10(8-11)18-15-20-21-14(22)12-7-9(17)5-6-13(12)19-16(21)24-15/h2-8H,1H3,(H,18,20). The summed E-state index contributed by atoms with van der Waals surface area (Å²) in [5.41, 5.74) is 1.29. The van der Waals surface area contributed by atoms with Crippen molar-refractivity contribution < 1.29 is 4.74 Å². The van der Waals surface area contributed by atoms with Crippen molar-refractivity contribution in [3.8, 4) is 5.75 Å². The van der Waals surface area contributed by atoms with E-state index in [-0.39, 0.29) is 5.56 Å². The predicted molar refractivity (Wildman–Crippen MR) is 98.6 cm³/mol. The lowest BCUT2D eigenvalue weighted by molar-refractivity contribution is 0.415. The van der Waals surface area contributed by atoms with Crippen LogP contribution in [0.25, 0.3) is 15.9 Å². The van der Waals surface area contributed by atoms with Gasteiger partial charge in [-0.05, 0) is 30.3 Å². The van der Waals surface area contributed by atoms with E-state index in [9.17, 15) is 4.79 Å². The van der Waals surface area contributed by atoms with Crippen LogP contribution in [0.15, 0.2) is 51.7 Å². The summed E-state index contributed by atoms with van der Waals surface area (Å²) in [5.74, 6) is 0.743. The van der Waals surface area contributed by atoms with E-state index in [0.717, 1.165) is 15.9 Å². The van der Waals surface area contributed by atoms with Gasteiger partial charge in [0.1, 0.15) is 5.75 Å². The summed E-state index contributed by atoms with van der Waals surface area (Å²) >= 11 is 4.69. The van der Waals surface area contributed by atoms with Crippen LogP contribution < -0.4 is 15.6 Å². The number of halogens is 1. The Bertz CT molecular complexity index is 1120. The summed E-state index contributed by atoms with van der Waals surface area (Å²) in [4.78, 5) is 17.7. The normalized spacial score (nSPS) is 11.1. The lowest BCUT2D eigenvalue weighted by atomic mass is 10.2. The Morgan fingerprint density at radius 3 is 2.96 bits per heavy atom. The molecule has 120 valence electrons. The lowest BCUT2D eigenvalue weighted by Crippen LogP contribution is -2.15. The van der Waals surface area contributed by atoms with Gasteiger partial charge in [0, 0.05) is 16.2 Å². The summed E-state index contributed by atoms with van der Waals surface area (Å²) in [6, 6.07) is 12.9. The van der Waals surface area contributed by atoms with Gasteiger partial charge in [0.2, 0.25) is 10.1 Å². The number of anilines is 2. The smallest absolute Gasteiger partial charge is 0.283 e. The van der Waals surface area contributed by atoms with E-state index in [1.165, 1.54) is 15.9 Å². The number of benzene rings is 2. The second-order valence-corrected chi connectivity index (χ2v) is 6.91. The highest BCUT2D eigenvalue weighted by Gasteiger charge is 2.11. The SMILES string of the molecule is COc1cccc(Nc2nn3c(=O)c4cc(Br)ccc4nc3s2)c1. The molecule has 0 saturated heterocycles. The largest absolute Gasteiger partial charge is 0.497 e. The van der Waals surface area contributed by atoms with Crippen molar-refractivity contribution in [2.45, 2.75) is 0 Å². The predicted octanol–water partition coefficient (Wildman–Crippen LogP) is 3.82. The minimum Gasteiger partial charge on any atom is -0.497 e. The Hall–Kier alpha value is -2.45. The van der Waals surface area contributed by atoms with Crippen molar-refractivity contribution in [1.82, 2.24) is 14.6 Å². The third-order valence-corrected chi connectivity index (χ3v) is 4.80. The number of aromatic nitrogens is 3. The van der Waals surface area contributed by atoms with Crippen LogP contribution in [-0.4, -0.2) is 21.7 Å². The van der Waals surface area contributed by atoms with Crippen LogP contribution in [0.4, 0.5) is 10.8 Å². The van der Waals surface area contributed by atoms with Gasteiger partial charge in [0.05, 0.1) is 18.0 Å². The van der Waals surface area contributed by atoms with Gasteiger partial charge in [-0.15, -0.1) is 5.10 Å². The first-order chi connectivity index (χ1) is 11.6. The topological polar surface area (TPSA) is 68.5 Å². The fourth-order valence-corrected chi connectivity index (χ4v) is 3.53. The molecule has 0 amide bonds. The summed E-state index contributed by atoms with van der Waals surface area (Å²) in [6.45, 7) is 0. The maximum Gasteiger partial charge on any atom is 0.283 e. The number of fused-ring (bicyclic) bond motifs is 2. The molecule has 2 aromatic carbocycles. The van der Waals surface area contributed by atoms with Crippen LogP contribution in [0.1, 0.15) is 0 Å². The van der Waals surface area contributed by atoms with Gasteiger partial charge in [-0.1, -0.05) is 33.3 Å². The van der Waals surface area contributed by atoms with Crippen LogP contribution in [0, 0.1) is 0 Å². The van der Waals surface area contributed by atoms with E-state index in [1.807, 2.05) is 36.4 Å². The third-order valence-electron chi connectivity index (χ3n) is 3.48. The molecule has 24 heavy (non-hydrogen) atoms. The van der Waals surface area contributed by atoms with Crippen molar-refractivity contribution in [2.24, 2.45) is 0 Å². The van der Waals surface area contributed by atoms with Crippen molar-refractivity contribution in [3.63, 3.8) is 0 Å². The number of nitrogens with zero attached hydrogens (tertiary/aromatic N) is 3. The summed E-state index contributed by atoms with van der Waals surface area (Å²) in [7, 11) is 1.62. The lowest BCUT2D eigenvalue weighted by Gasteiger charge is -2.04. The number of ether oxygens (including phenoxy) is 1. The van der Waals surface area contributed by atoms with Crippen LogP contribution in [0.5, 0.6) is 5.75 Å². The zero-order valence-electron chi connectivity index (χ0n) is 12.5. The molecule has 2 heterocycles. The molecule has 0 radical (unpaired) electrons. The van der Waals surface area contributed by atoms with E-state index >= 15 is 0 Å². The number of rotatable bonds is 3. The van der Waals surface area contributed by atoms with Crippen molar-refractivity contribution >= 4 is 53.9 Å². The molecule has 4 rings (SSSR count). The fourth-order valence-electron chi connectivity index (χ4n) is 2.36. The molecule has 0 aliphatic carbocycles. The second kappa shape index (κ2) is 5.88. The summed E-state index contributed by atoms with van der Waals surface area (Å²) in [5, 5.41) is 8.63. The molecule has 0 aliphatic heterocycles. The molecule has 0 fully saturated rings. The third kappa shape index (κ3) is 2.63. The zero-order valence-corrected chi connectivity index (χ0v) is 14.9. The molecule has 8 heteroatoms. The van der Waals surface area contributed by atoms with E-state index in [1.54, 1.807) is 13.2 Å². The highest BCUT2D eigenvalue weighted by Crippen LogP contribution is 2.25. The fraction of sp³-hybridized carbons (Fsp3) is 0.0625. The Balaban J connectivity index is 1.81. The molecule has 2 aromatic heterocycles. The van der Waals surface area contributed by atoms with Crippen LogP contribution >= 0.6 is 27.3 Å². The molecule has 0 bridgehead atoms. The van der Waals surface area contributed by atoms with Crippen molar-refractivity contribution in [1.29, 1.82) is 0 Å². The Labute approximate surface area is 148 Å². The first-order valence-electron chi connectivity index (χ1n) is 7.04. The van der Waals surface area contributed by atoms with Crippen molar-refractivity contribution in [2.75, 3.05) is 12.4 Å². The van der Waals surface area contributed by atoms with Gasteiger partial charge >= 0.3 is 0 Å². The van der Waals surface area contributed by atoms with Gasteiger partial charge < -0.3 is 10.1 Å². The summed E-state index contributed by atoms with van der Waals surface area (Å²) < 4.78 is 7.36. The van der Waals surface area contributed by atoms with Gasteiger partial charge in [-0.2, -0.15) is 4.52 Å². The molecule has 6 nitrogen and oxygen atoms in total. The highest BCUT2D eigenvalue weighted by atomic mass is 79.9. The van der Waals surface area contributed by atoms with Gasteiger partial charge in [-0.3, -0.25) is 4.79 Å². The monoisotopic (exact) mass is 402 g/mol. The van der Waals surface area contributed by atoms with Gasteiger partial charge in [0.25, 0.3) is 5.56 Å². The Morgan fingerprint density at radius 2 is 2.12 bits per heavy atom. The van der Waals surface area contributed by atoms with E-state index in [4.69, 9.17) is 4.74 Å². The Morgan fingerprint density at radius 1 is 1.25 bits per heavy atom. The van der Waals surface area contributed by atoms with Crippen LogP contribution in [0.3, 0.4) is 0 Å². The molecule has 0 aliphatic rings. The zero-order chi connectivity index (χ0) is 16.7. The van der Waals surface area contributed by atoms with Crippen LogP contribution in [0.2, 0.25) is 0 Å². The molecule has 1 N–H and O–H groups in total. The van der Waals surface area contributed by atoms with Crippen molar-refractivity contribution in [3.05, 3.63) is 57.3 Å². The maximum absolute atomic E-state index is 12.6. The molecular formula is C16H11BrN4O2S. The molecular weight excluding hydrogens is 392 g/mol. The average Bonchev–Trinajstić information content (AvgIpc) is 2.98. The minimum atomic E-state index is -0.189. The molecule has 4 aromatic rings. The molecule has 0 unspecified atom stereocenters. The van der Waals surface area contributed by atoms with Gasteiger partial charge in [-0.25, -0.2) is 4.98 Å². The first kappa shape index (κ1) is 15.1. The van der Waals surface area contributed by atoms with E-state index in [2.05, 4.69) is 31.3 Å². The number of hydrogen-bond donors (Lipinski definition) is 1. The van der Waals surface area contributed by atoms with Crippen LogP contribution in [-0.2, 0) is 0 Å². The minimum absolute atomic E-state index is 0.189. The molecule has 0 spiro atoms. The highest BCUT2D eigenvalue weighted by molar-refractivity contribution is 9.10. The number of nitrogens with one attached hydrogen (secondary N) is 1. The molecule has 0 saturated carbocycles. The van der Waals surface area contributed by atoms with Gasteiger partial charge in [0.15, 0.2) is 0 Å². The number of hydrogen-bond acceptors (Lipinski definition) is 6. The average molecular weight is 403 g/mol.